The van der Waals surface area contributed by atoms with Crippen LogP contribution in [0, 0.1) is 5.41 Å². The Balaban J connectivity index is 2.23. The zero-order chi connectivity index (χ0) is 13.4. The van der Waals surface area contributed by atoms with Gasteiger partial charge in [-0.1, -0.05) is 13.8 Å². The van der Waals surface area contributed by atoms with E-state index in [1.54, 1.807) is 0 Å². The Bertz CT molecular complexity index is 429. The Morgan fingerprint density at radius 2 is 2.06 bits per heavy atom. The van der Waals surface area contributed by atoms with Gasteiger partial charge >= 0.3 is 6.18 Å². The van der Waals surface area contributed by atoms with Gasteiger partial charge < -0.3 is 4.90 Å². The van der Waals surface area contributed by atoms with E-state index >= 15 is 0 Å². The fourth-order valence-corrected chi connectivity index (χ4v) is 2.25. The molecule has 2 heterocycles. The van der Waals surface area contributed by atoms with E-state index in [0.717, 1.165) is 18.9 Å². The SMILES string of the molecule is CC1(C)CCCN(c2nccc(C(F)(F)F)n2)C1. The predicted octanol–water partition coefficient (Wildman–Crippen LogP) is 3.12. The second kappa shape index (κ2) is 4.40. The zero-order valence-corrected chi connectivity index (χ0v) is 10.5. The predicted molar refractivity (Wildman–Crippen MR) is 62.3 cm³/mol. The van der Waals surface area contributed by atoms with Gasteiger partial charge in [-0.2, -0.15) is 13.2 Å². The summed E-state index contributed by atoms with van der Waals surface area (Å²) in [5.74, 6) is 0.178. The summed E-state index contributed by atoms with van der Waals surface area (Å²) in [4.78, 5) is 9.41. The van der Waals surface area contributed by atoms with Crippen LogP contribution in [0.4, 0.5) is 19.1 Å². The summed E-state index contributed by atoms with van der Waals surface area (Å²) >= 11 is 0. The molecule has 0 amide bonds. The molecule has 0 spiro atoms. The highest BCUT2D eigenvalue weighted by atomic mass is 19.4. The van der Waals surface area contributed by atoms with E-state index in [-0.39, 0.29) is 11.4 Å². The standard InChI is InChI=1S/C12H16F3N3/c1-11(2)5-3-7-18(8-11)10-16-6-4-9(17-10)12(13,14)15/h4,6H,3,5,7-8H2,1-2H3. The van der Waals surface area contributed by atoms with Crippen LogP contribution < -0.4 is 4.90 Å². The first-order chi connectivity index (χ1) is 8.28. The van der Waals surface area contributed by atoms with Gasteiger partial charge in [0.05, 0.1) is 0 Å². The highest BCUT2D eigenvalue weighted by Gasteiger charge is 2.34. The lowest BCUT2D eigenvalue weighted by atomic mass is 9.84. The first-order valence-electron chi connectivity index (χ1n) is 5.93. The molecule has 0 bridgehead atoms. The third-order valence-corrected chi connectivity index (χ3v) is 3.12. The summed E-state index contributed by atoms with van der Waals surface area (Å²) in [5, 5.41) is 0. The lowest BCUT2D eigenvalue weighted by Gasteiger charge is -2.38. The van der Waals surface area contributed by atoms with E-state index in [0.29, 0.717) is 13.1 Å². The third kappa shape index (κ3) is 2.91. The van der Waals surface area contributed by atoms with Gasteiger partial charge in [-0.3, -0.25) is 0 Å². The van der Waals surface area contributed by atoms with Crippen molar-refractivity contribution < 1.29 is 13.2 Å². The summed E-state index contributed by atoms with van der Waals surface area (Å²) in [6.07, 6.45) is -1.22. The Labute approximate surface area is 104 Å². The Morgan fingerprint density at radius 3 is 2.67 bits per heavy atom. The molecule has 0 unspecified atom stereocenters. The summed E-state index contributed by atoms with van der Waals surface area (Å²) in [6.45, 7) is 5.61. The van der Waals surface area contributed by atoms with Crippen LogP contribution >= 0.6 is 0 Å². The molecule has 1 aromatic rings. The minimum absolute atomic E-state index is 0.0931. The average molecular weight is 259 g/mol. The van der Waals surface area contributed by atoms with Crippen LogP contribution in [-0.2, 0) is 6.18 Å². The van der Waals surface area contributed by atoms with Gasteiger partial charge in [-0.15, -0.1) is 0 Å². The fourth-order valence-electron chi connectivity index (χ4n) is 2.25. The molecule has 0 N–H and O–H groups in total. The maximum absolute atomic E-state index is 12.6. The maximum Gasteiger partial charge on any atom is 0.433 e. The molecule has 1 aromatic heterocycles. The van der Waals surface area contributed by atoms with Crippen molar-refractivity contribution in [3.05, 3.63) is 18.0 Å². The fraction of sp³-hybridized carbons (Fsp3) is 0.667. The summed E-state index contributed by atoms with van der Waals surface area (Å²) in [6, 6.07) is 0.901. The minimum Gasteiger partial charge on any atom is -0.340 e. The first kappa shape index (κ1) is 13.1. The van der Waals surface area contributed by atoms with Gasteiger partial charge in [0.15, 0.2) is 0 Å². The molecule has 1 fully saturated rings. The molecule has 0 aliphatic carbocycles. The summed E-state index contributed by atoms with van der Waals surface area (Å²) in [7, 11) is 0. The molecule has 1 aliphatic rings. The van der Waals surface area contributed by atoms with Crippen molar-refractivity contribution in [3.63, 3.8) is 0 Å². The number of hydrogen-bond acceptors (Lipinski definition) is 3. The van der Waals surface area contributed by atoms with Crippen molar-refractivity contribution >= 4 is 5.95 Å². The monoisotopic (exact) mass is 259 g/mol. The van der Waals surface area contributed by atoms with Crippen molar-refractivity contribution in [3.8, 4) is 0 Å². The topological polar surface area (TPSA) is 29.0 Å². The summed E-state index contributed by atoms with van der Waals surface area (Å²) < 4.78 is 37.7. The van der Waals surface area contributed by atoms with Gasteiger partial charge in [0, 0.05) is 19.3 Å². The Kier molecular flexibility index (Phi) is 3.21. The van der Waals surface area contributed by atoms with E-state index in [4.69, 9.17) is 0 Å². The van der Waals surface area contributed by atoms with Gasteiger partial charge in [-0.25, -0.2) is 9.97 Å². The molecule has 0 radical (unpaired) electrons. The highest BCUT2D eigenvalue weighted by Crippen LogP contribution is 2.32. The number of anilines is 1. The number of rotatable bonds is 1. The Morgan fingerprint density at radius 1 is 1.33 bits per heavy atom. The number of nitrogens with zero attached hydrogens (tertiary/aromatic N) is 3. The van der Waals surface area contributed by atoms with Gasteiger partial charge in [0.25, 0.3) is 0 Å². The maximum atomic E-state index is 12.6. The molecule has 6 heteroatoms. The molecule has 0 atom stereocenters. The Hall–Kier alpha value is -1.33. The number of hydrogen-bond donors (Lipinski definition) is 0. The van der Waals surface area contributed by atoms with Crippen LogP contribution in [0.3, 0.4) is 0 Å². The molecule has 0 saturated carbocycles. The molecule has 1 aliphatic heterocycles. The van der Waals surface area contributed by atoms with Gasteiger partial charge in [-0.05, 0) is 24.3 Å². The second-order valence-corrected chi connectivity index (χ2v) is 5.43. The minimum atomic E-state index is -4.41. The van der Waals surface area contributed by atoms with Crippen molar-refractivity contribution in [2.24, 2.45) is 5.41 Å². The molecule has 3 nitrogen and oxygen atoms in total. The molecule has 100 valence electrons. The smallest absolute Gasteiger partial charge is 0.340 e. The molecule has 18 heavy (non-hydrogen) atoms. The van der Waals surface area contributed by atoms with Gasteiger partial charge in [0.1, 0.15) is 5.69 Å². The summed E-state index contributed by atoms with van der Waals surface area (Å²) in [5.41, 5.74) is -0.786. The zero-order valence-electron chi connectivity index (χ0n) is 10.5. The number of aromatic nitrogens is 2. The van der Waals surface area contributed by atoms with Crippen molar-refractivity contribution in [1.29, 1.82) is 0 Å². The number of alkyl halides is 3. The quantitative estimate of drug-likeness (QED) is 0.776. The van der Waals surface area contributed by atoms with Crippen molar-refractivity contribution in [1.82, 2.24) is 9.97 Å². The molecular weight excluding hydrogens is 243 g/mol. The number of piperidine rings is 1. The van der Waals surface area contributed by atoms with Crippen LogP contribution in [0.1, 0.15) is 32.4 Å². The lowest BCUT2D eigenvalue weighted by molar-refractivity contribution is -0.141. The van der Waals surface area contributed by atoms with Crippen LogP contribution in [0.5, 0.6) is 0 Å². The second-order valence-electron chi connectivity index (χ2n) is 5.43. The molecule has 0 aromatic carbocycles. The molecule has 2 rings (SSSR count). The van der Waals surface area contributed by atoms with E-state index in [1.807, 2.05) is 4.90 Å². The van der Waals surface area contributed by atoms with Crippen LogP contribution in [0.2, 0.25) is 0 Å². The molecular formula is C12H16F3N3. The average Bonchev–Trinajstić information content (AvgIpc) is 2.27. The van der Waals surface area contributed by atoms with E-state index in [1.165, 1.54) is 6.20 Å². The first-order valence-corrected chi connectivity index (χ1v) is 5.93. The molecule has 1 saturated heterocycles. The highest BCUT2D eigenvalue weighted by molar-refractivity contribution is 5.32. The van der Waals surface area contributed by atoms with Gasteiger partial charge in [0.2, 0.25) is 5.95 Å². The van der Waals surface area contributed by atoms with Crippen LogP contribution in [-0.4, -0.2) is 23.1 Å². The van der Waals surface area contributed by atoms with E-state index < -0.39 is 11.9 Å². The van der Waals surface area contributed by atoms with E-state index in [2.05, 4.69) is 23.8 Å². The largest absolute Gasteiger partial charge is 0.433 e. The lowest BCUT2D eigenvalue weighted by Crippen LogP contribution is -2.41. The van der Waals surface area contributed by atoms with Crippen LogP contribution in [0.25, 0.3) is 0 Å². The van der Waals surface area contributed by atoms with Crippen LogP contribution in [0.15, 0.2) is 12.3 Å². The van der Waals surface area contributed by atoms with Crippen molar-refractivity contribution in [2.45, 2.75) is 32.9 Å². The number of halogens is 3. The van der Waals surface area contributed by atoms with E-state index in [9.17, 15) is 13.2 Å². The third-order valence-electron chi connectivity index (χ3n) is 3.12. The van der Waals surface area contributed by atoms with Crippen molar-refractivity contribution in [2.75, 3.05) is 18.0 Å². The normalized spacial score (nSPS) is 19.9.